The third kappa shape index (κ3) is 3.37. The zero-order chi connectivity index (χ0) is 13.0. The molecule has 1 aromatic heterocycles. The number of rotatable bonds is 4. The second-order valence-electron chi connectivity index (χ2n) is 4.20. The van der Waals surface area contributed by atoms with Crippen LogP contribution >= 0.6 is 15.9 Å². The molecule has 0 saturated heterocycles. The first kappa shape index (κ1) is 13.2. The van der Waals surface area contributed by atoms with Crippen molar-refractivity contribution in [2.75, 3.05) is 6.54 Å². The lowest BCUT2D eigenvalue weighted by Crippen LogP contribution is -2.15. The van der Waals surface area contributed by atoms with Crippen molar-refractivity contribution in [1.29, 1.82) is 0 Å². The molecule has 94 valence electrons. The van der Waals surface area contributed by atoms with Gasteiger partial charge >= 0.3 is 0 Å². The summed E-state index contributed by atoms with van der Waals surface area (Å²) in [7, 11) is 0. The molecule has 4 heteroatoms. The van der Waals surface area contributed by atoms with E-state index in [1.807, 2.05) is 12.3 Å². The molecule has 0 saturated carbocycles. The van der Waals surface area contributed by atoms with Gasteiger partial charge in [-0.1, -0.05) is 12.1 Å². The SMILES string of the molecule is NCC(Cc1cncc(Br)c1)c1ccc(F)cc1. The van der Waals surface area contributed by atoms with Gasteiger partial charge in [0, 0.05) is 22.8 Å². The molecule has 0 bridgehead atoms. The number of aromatic nitrogens is 1. The second kappa shape index (κ2) is 6.07. The number of halogens is 2. The maximum absolute atomic E-state index is 12.9. The normalized spacial score (nSPS) is 12.4. The minimum Gasteiger partial charge on any atom is -0.330 e. The van der Waals surface area contributed by atoms with Crippen LogP contribution in [0.15, 0.2) is 47.2 Å². The molecule has 0 aliphatic rings. The Morgan fingerprint density at radius 2 is 1.94 bits per heavy atom. The number of pyridine rings is 1. The summed E-state index contributed by atoms with van der Waals surface area (Å²) in [6.45, 7) is 0.526. The minimum atomic E-state index is -0.223. The molecule has 0 aliphatic heterocycles. The number of hydrogen-bond acceptors (Lipinski definition) is 2. The average molecular weight is 309 g/mol. The Morgan fingerprint density at radius 1 is 1.22 bits per heavy atom. The van der Waals surface area contributed by atoms with Crippen LogP contribution in [0.25, 0.3) is 0 Å². The zero-order valence-electron chi connectivity index (χ0n) is 9.81. The zero-order valence-corrected chi connectivity index (χ0v) is 11.4. The van der Waals surface area contributed by atoms with Crippen molar-refractivity contribution in [1.82, 2.24) is 4.98 Å². The maximum Gasteiger partial charge on any atom is 0.123 e. The van der Waals surface area contributed by atoms with Gasteiger partial charge in [0.15, 0.2) is 0 Å². The smallest absolute Gasteiger partial charge is 0.123 e. The quantitative estimate of drug-likeness (QED) is 0.941. The van der Waals surface area contributed by atoms with Crippen molar-refractivity contribution in [3.8, 4) is 0 Å². The van der Waals surface area contributed by atoms with Crippen molar-refractivity contribution in [2.24, 2.45) is 5.73 Å². The second-order valence-corrected chi connectivity index (χ2v) is 5.12. The first-order valence-corrected chi connectivity index (χ1v) is 6.53. The van der Waals surface area contributed by atoms with Gasteiger partial charge in [-0.15, -0.1) is 0 Å². The summed E-state index contributed by atoms with van der Waals surface area (Å²) in [5.74, 6) is -0.0413. The van der Waals surface area contributed by atoms with Gasteiger partial charge in [0.2, 0.25) is 0 Å². The summed E-state index contributed by atoms with van der Waals surface area (Å²) in [6, 6.07) is 8.55. The summed E-state index contributed by atoms with van der Waals surface area (Å²) >= 11 is 3.40. The van der Waals surface area contributed by atoms with Gasteiger partial charge in [-0.2, -0.15) is 0 Å². The highest BCUT2D eigenvalue weighted by molar-refractivity contribution is 9.10. The van der Waals surface area contributed by atoms with Crippen LogP contribution < -0.4 is 5.73 Å². The van der Waals surface area contributed by atoms with E-state index in [4.69, 9.17) is 5.73 Å². The summed E-state index contributed by atoms with van der Waals surface area (Å²) in [4.78, 5) is 4.13. The van der Waals surface area contributed by atoms with Gasteiger partial charge in [-0.3, -0.25) is 4.98 Å². The first-order valence-electron chi connectivity index (χ1n) is 5.74. The van der Waals surface area contributed by atoms with Crippen molar-refractivity contribution in [2.45, 2.75) is 12.3 Å². The van der Waals surface area contributed by atoms with Crippen molar-refractivity contribution in [3.05, 3.63) is 64.1 Å². The van der Waals surface area contributed by atoms with Crippen LogP contribution in [0.5, 0.6) is 0 Å². The Labute approximate surface area is 114 Å². The lowest BCUT2D eigenvalue weighted by atomic mass is 9.93. The van der Waals surface area contributed by atoms with Crippen LogP contribution in [-0.2, 0) is 6.42 Å². The Bertz CT molecular complexity index is 513. The summed E-state index contributed by atoms with van der Waals surface area (Å²) in [5.41, 5.74) is 7.97. The fourth-order valence-corrected chi connectivity index (χ4v) is 2.34. The van der Waals surface area contributed by atoms with Crippen LogP contribution in [-0.4, -0.2) is 11.5 Å². The predicted molar refractivity (Wildman–Crippen MR) is 73.8 cm³/mol. The number of benzene rings is 1. The van der Waals surface area contributed by atoms with Crippen LogP contribution in [0.4, 0.5) is 4.39 Å². The van der Waals surface area contributed by atoms with Crippen LogP contribution in [0, 0.1) is 5.82 Å². The number of hydrogen-bond donors (Lipinski definition) is 1. The third-order valence-electron chi connectivity index (χ3n) is 2.87. The molecule has 0 radical (unpaired) electrons. The summed E-state index contributed by atoms with van der Waals surface area (Å²) in [5, 5.41) is 0. The lowest BCUT2D eigenvalue weighted by molar-refractivity contribution is 0.623. The van der Waals surface area contributed by atoms with E-state index in [0.717, 1.165) is 22.0 Å². The first-order chi connectivity index (χ1) is 8.69. The van der Waals surface area contributed by atoms with Gasteiger partial charge in [0.05, 0.1) is 0 Å². The molecule has 1 unspecified atom stereocenters. The van der Waals surface area contributed by atoms with Crippen LogP contribution in [0.2, 0.25) is 0 Å². The molecule has 0 amide bonds. The Kier molecular flexibility index (Phi) is 4.44. The van der Waals surface area contributed by atoms with Gasteiger partial charge < -0.3 is 5.73 Å². The van der Waals surface area contributed by atoms with E-state index < -0.39 is 0 Å². The van der Waals surface area contributed by atoms with E-state index in [-0.39, 0.29) is 11.7 Å². The van der Waals surface area contributed by atoms with Gasteiger partial charge in [-0.25, -0.2) is 4.39 Å². The van der Waals surface area contributed by atoms with E-state index in [1.165, 1.54) is 12.1 Å². The minimum absolute atomic E-state index is 0.182. The topological polar surface area (TPSA) is 38.9 Å². The van der Waals surface area contributed by atoms with E-state index in [9.17, 15) is 4.39 Å². The standard InChI is InChI=1S/C14H14BrFN2/c15-13-6-10(8-18-9-13)5-12(7-17)11-1-3-14(16)4-2-11/h1-4,6,8-9,12H,5,7,17H2. The number of nitrogens with two attached hydrogens (primary N) is 1. The molecule has 0 fully saturated rings. The van der Waals surface area contributed by atoms with Gasteiger partial charge in [0.25, 0.3) is 0 Å². The molecule has 1 atom stereocenters. The van der Waals surface area contributed by atoms with E-state index in [2.05, 4.69) is 20.9 Å². The maximum atomic E-state index is 12.9. The fraction of sp³-hybridized carbons (Fsp3) is 0.214. The van der Waals surface area contributed by atoms with E-state index >= 15 is 0 Å². The van der Waals surface area contributed by atoms with Crippen molar-refractivity contribution in [3.63, 3.8) is 0 Å². The molecule has 18 heavy (non-hydrogen) atoms. The van der Waals surface area contributed by atoms with Gasteiger partial charge in [-0.05, 0) is 58.2 Å². The Balaban J connectivity index is 2.17. The number of nitrogens with zero attached hydrogens (tertiary/aromatic N) is 1. The molecule has 0 spiro atoms. The highest BCUT2D eigenvalue weighted by atomic mass is 79.9. The molecule has 1 aromatic carbocycles. The molecule has 2 aromatic rings. The highest BCUT2D eigenvalue weighted by Gasteiger charge is 2.11. The van der Waals surface area contributed by atoms with E-state index in [0.29, 0.717) is 6.54 Å². The predicted octanol–water partition coefficient (Wildman–Crippen LogP) is 3.27. The van der Waals surface area contributed by atoms with Crippen molar-refractivity contribution < 1.29 is 4.39 Å². The largest absolute Gasteiger partial charge is 0.330 e. The molecular formula is C14H14BrFN2. The Hall–Kier alpha value is -1.26. The average Bonchev–Trinajstić information content (AvgIpc) is 2.37. The Morgan fingerprint density at radius 3 is 2.56 bits per heavy atom. The van der Waals surface area contributed by atoms with Crippen LogP contribution in [0.1, 0.15) is 17.0 Å². The summed E-state index contributed by atoms with van der Waals surface area (Å²) < 4.78 is 13.8. The van der Waals surface area contributed by atoms with Gasteiger partial charge in [0.1, 0.15) is 5.82 Å². The third-order valence-corrected chi connectivity index (χ3v) is 3.30. The molecular weight excluding hydrogens is 295 g/mol. The van der Waals surface area contributed by atoms with Crippen molar-refractivity contribution >= 4 is 15.9 Å². The van der Waals surface area contributed by atoms with E-state index in [1.54, 1.807) is 18.3 Å². The highest BCUT2D eigenvalue weighted by Crippen LogP contribution is 2.21. The molecule has 0 aliphatic carbocycles. The molecule has 2 rings (SSSR count). The lowest BCUT2D eigenvalue weighted by Gasteiger charge is -2.15. The fourth-order valence-electron chi connectivity index (χ4n) is 1.92. The molecule has 2 N–H and O–H groups in total. The monoisotopic (exact) mass is 308 g/mol. The molecule has 1 heterocycles. The summed E-state index contributed by atoms with van der Waals surface area (Å²) in [6.07, 6.45) is 4.38. The van der Waals surface area contributed by atoms with Crippen LogP contribution in [0.3, 0.4) is 0 Å². The molecule has 2 nitrogen and oxygen atoms in total.